The highest BCUT2D eigenvalue weighted by molar-refractivity contribution is 6.30. The van der Waals surface area contributed by atoms with Crippen molar-refractivity contribution in [1.82, 2.24) is 9.80 Å². The van der Waals surface area contributed by atoms with Crippen molar-refractivity contribution < 1.29 is 9.53 Å². The summed E-state index contributed by atoms with van der Waals surface area (Å²) >= 11 is 6.09. The fourth-order valence-electron chi connectivity index (χ4n) is 4.89. The van der Waals surface area contributed by atoms with Gasteiger partial charge in [0.2, 0.25) is 5.91 Å². The van der Waals surface area contributed by atoms with Crippen molar-refractivity contribution in [3.63, 3.8) is 0 Å². The van der Waals surface area contributed by atoms with Gasteiger partial charge in [-0.3, -0.25) is 4.79 Å². The fraction of sp³-hybridized carbons (Fsp3) is 0.480. The van der Waals surface area contributed by atoms with Crippen LogP contribution in [-0.2, 0) is 11.3 Å². The van der Waals surface area contributed by atoms with Crippen LogP contribution in [0.1, 0.15) is 42.9 Å². The zero-order valence-corrected chi connectivity index (χ0v) is 20.2. The molecule has 2 heterocycles. The number of ether oxygens (including phenoxy) is 1. The van der Waals surface area contributed by atoms with E-state index in [1.807, 2.05) is 53.4 Å². The van der Waals surface area contributed by atoms with Crippen LogP contribution in [0.4, 0.5) is 0 Å². The number of benzene rings is 2. The Balaban J connectivity index is 0.00000289. The van der Waals surface area contributed by atoms with Crippen molar-refractivity contribution in [3.8, 4) is 5.75 Å². The maximum atomic E-state index is 12.7. The molecule has 0 radical (unpaired) electrons. The summed E-state index contributed by atoms with van der Waals surface area (Å²) in [5, 5.41) is 0.734. The van der Waals surface area contributed by atoms with Crippen molar-refractivity contribution in [2.24, 2.45) is 11.1 Å². The molecule has 0 unspecified atom stereocenters. The Bertz CT molecular complexity index is 898. The van der Waals surface area contributed by atoms with Crippen LogP contribution in [0.2, 0.25) is 5.02 Å². The van der Waals surface area contributed by atoms with E-state index >= 15 is 0 Å². The molecule has 4 rings (SSSR count). The standard InChI is InChI=1S/C25H32ClN3O2.ClH/c1-31-22-7-5-19(6-8-22)17-29-18-25(16-24(29)30)10-13-28(14-11-25)12-9-23(27)20-3-2-4-21(26)15-20;/h2-8,15,23H,9-14,16-18,27H2,1H3;1H/t23-;/m0./s1. The number of hydrogen-bond donors (Lipinski definition) is 1. The van der Waals surface area contributed by atoms with Gasteiger partial charge in [0.05, 0.1) is 7.11 Å². The Morgan fingerprint density at radius 3 is 2.53 bits per heavy atom. The van der Waals surface area contributed by atoms with Gasteiger partial charge in [0, 0.05) is 30.6 Å². The average molecular weight is 478 g/mol. The lowest BCUT2D eigenvalue weighted by atomic mass is 9.77. The molecule has 0 saturated carbocycles. The zero-order chi connectivity index (χ0) is 21.8. The number of likely N-dealkylation sites (tertiary alicyclic amines) is 2. The lowest BCUT2D eigenvalue weighted by Gasteiger charge is -2.39. The van der Waals surface area contributed by atoms with E-state index in [1.165, 1.54) is 0 Å². The summed E-state index contributed by atoms with van der Waals surface area (Å²) < 4.78 is 5.23. The summed E-state index contributed by atoms with van der Waals surface area (Å²) in [5.74, 6) is 1.13. The highest BCUT2D eigenvalue weighted by atomic mass is 35.5. The number of piperidine rings is 1. The maximum Gasteiger partial charge on any atom is 0.223 e. The van der Waals surface area contributed by atoms with Gasteiger partial charge in [0.25, 0.3) is 0 Å². The first-order valence-corrected chi connectivity index (χ1v) is 11.5. The van der Waals surface area contributed by atoms with Crippen molar-refractivity contribution >= 4 is 29.9 Å². The van der Waals surface area contributed by atoms with Crippen LogP contribution in [0.15, 0.2) is 48.5 Å². The largest absolute Gasteiger partial charge is 0.497 e. The summed E-state index contributed by atoms with van der Waals surface area (Å²) in [6.07, 6.45) is 3.74. The number of carbonyl (C=O) groups is 1. The van der Waals surface area contributed by atoms with Crippen molar-refractivity contribution in [1.29, 1.82) is 0 Å². The molecule has 174 valence electrons. The van der Waals surface area contributed by atoms with Crippen LogP contribution >= 0.6 is 24.0 Å². The smallest absolute Gasteiger partial charge is 0.223 e. The minimum atomic E-state index is 0. The van der Waals surface area contributed by atoms with Crippen LogP contribution in [0.3, 0.4) is 0 Å². The fourth-order valence-corrected chi connectivity index (χ4v) is 5.09. The average Bonchev–Trinajstić information content (AvgIpc) is 3.08. The molecular formula is C25H33Cl2N3O2. The van der Waals surface area contributed by atoms with Gasteiger partial charge in [0.15, 0.2) is 0 Å². The number of methoxy groups -OCH3 is 1. The molecule has 1 atom stereocenters. The molecule has 2 aromatic carbocycles. The monoisotopic (exact) mass is 477 g/mol. The molecule has 0 bridgehead atoms. The topological polar surface area (TPSA) is 58.8 Å². The van der Waals surface area contributed by atoms with Crippen molar-refractivity contribution in [3.05, 3.63) is 64.7 Å². The first-order chi connectivity index (χ1) is 15.0. The SMILES string of the molecule is COc1ccc(CN2CC3(CCN(CC[C@H](N)c4cccc(Cl)c4)CC3)CC2=O)cc1.Cl. The zero-order valence-electron chi connectivity index (χ0n) is 18.6. The maximum absolute atomic E-state index is 12.7. The van der Waals surface area contributed by atoms with Gasteiger partial charge >= 0.3 is 0 Å². The van der Waals surface area contributed by atoms with Crippen molar-refractivity contribution in [2.45, 2.75) is 38.3 Å². The summed E-state index contributed by atoms with van der Waals surface area (Å²) in [6, 6.07) is 15.8. The van der Waals surface area contributed by atoms with Gasteiger partial charge in [-0.2, -0.15) is 0 Å². The number of rotatable bonds is 7. The summed E-state index contributed by atoms with van der Waals surface area (Å²) in [5.41, 5.74) is 8.76. The van der Waals surface area contributed by atoms with Crippen LogP contribution < -0.4 is 10.5 Å². The summed E-state index contributed by atoms with van der Waals surface area (Å²) in [6.45, 7) is 4.60. The highest BCUT2D eigenvalue weighted by Gasteiger charge is 2.44. The van der Waals surface area contributed by atoms with E-state index in [1.54, 1.807) is 7.11 Å². The van der Waals surface area contributed by atoms with E-state index in [0.29, 0.717) is 13.0 Å². The van der Waals surface area contributed by atoms with Gasteiger partial charge < -0.3 is 20.3 Å². The minimum Gasteiger partial charge on any atom is -0.497 e. The van der Waals surface area contributed by atoms with Gasteiger partial charge in [-0.15, -0.1) is 12.4 Å². The predicted octanol–water partition coefficient (Wildman–Crippen LogP) is 4.68. The molecule has 2 fully saturated rings. The van der Waals surface area contributed by atoms with E-state index in [9.17, 15) is 4.79 Å². The molecule has 1 spiro atoms. The molecule has 2 aliphatic rings. The summed E-state index contributed by atoms with van der Waals surface area (Å²) in [4.78, 5) is 17.2. The Morgan fingerprint density at radius 2 is 1.88 bits per heavy atom. The number of hydrogen-bond acceptors (Lipinski definition) is 4. The molecule has 2 N–H and O–H groups in total. The predicted molar refractivity (Wildman–Crippen MR) is 131 cm³/mol. The van der Waals surface area contributed by atoms with Crippen LogP contribution in [-0.4, -0.2) is 49.0 Å². The molecule has 1 amide bonds. The van der Waals surface area contributed by atoms with Crippen LogP contribution in [0.5, 0.6) is 5.75 Å². The number of halogens is 2. The third kappa shape index (κ3) is 5.96. The Labute approximate surface area is 202 Å². The van der Waals surface area contributed by atoms with Crippen LogP contribution in [0, 0.1) is 5.41 Å². The minimum absolute atomic E-state index is 0. The second kappa shape index (κ2) is 10.9. The Kier molecular flexibility index (Phi) is 8.45. The lowest BCUT2D eigenvalue weighted by molar-refractivity contribution is -0.128. The van der Waals surface area contributed by atoms with E-state index < -0.39 is 0 Å². The molecule has 5 nitrogen and oxygen atoms in total. The van der Waals surface area contributed by atoms with Crippen molar-refractivity contribution in [2.75, 3.05) is 33.3 Å². The van der Waals surface area contributed by atoms with Gasteiger partial charge in [0.1, 0.15) is 5.75 Å². The molecule has 0 aromatic heterocycles. The molecular weight excluding hydrogens is 445 g/mol. The normalized spacial score (nSPS) is 19.1. The number of carbonyl (C=O) groups excluding carboxylic acids is 1. The van der Waals surface area contributed by atoms with Gasteiger partial charge in [-0.1, -0.05) is 35.9 Å². The quantitative estimate of drug-likeness (QED) is 0.628. The van der Waals surface area contributed by atoms with E-state index in [4.69, 9.17) is 22.1 Å². The van der Waals surface area contributed by atoms with E-state index in [2.05, 4.69) is 4.90 Å². The third-order valence-corrected chi connectivity index (χ3v) is 7.12. The number of nitrogens with zero attached hydrogens (tertiary/aromatic N) is 2. The highest BCUT2D eigenvalue weighted by Crippen LogP contribution is 2.41. The Hall–Kier alpha value is -1.79. The Morgan fingerprint density at radius 1 is 1.16 bits per heavy atom. The molecule has 2 aliphatic heterocycles. The van der Waals surface area contributed by atoms with E-state index in [-0.39, 0.29) is 29.8 Å². The van der Waals surface area contributed by atoms with Crippen LogP contribution in [0.25, 0.3) is 0 Å². The molecule has 7 heteroatoms. The molecule has 2 aromatic rings. The molecule has 32 heavy (non-hydrogen) atoms. The number of amides is 1. The first kappa shape index (κ1) is 24.8. The second-order valence-electron chi connectivity index (χ2n) is 9.07. The molecule has 2 saturated heterocycles. The molecule has 0 aliphatic carbocycles. The van der Waals surface area contributed by atoms with Gasteiger partial charge in [-0.25, -0.2) is 0 Å². The second-order valence-corrected chi connectivity index (χ2v) is 9.50. The summed E-state index contributed by atoms with van der Waals surface area (Å²) in [7, 11) is 1.67. The lowest BCUT2D eigenvalue weighted by Crippen LogP contribution is -2.42. The number of nitrogens with two attached hydrogens (primary N) is 1. The first-order valence-electron chi connectivity index (χ1n) is 11.1. The third-order valence-electron chi connectivity index (χ3n) is 6.89. The van der Waals surface area contributed by atoms with E-state index in [0.717, 1.165) is 67.3 Å². The van der Waals surface area contributed by atoms with Gasteiger partial charge in [-0.05, 0) is 79.7 Å².